The van der Waals surface area contributed by atoms with E-state index >= 15 is 0 Å². The Balaban J connectivity index is 1.30. The summed E-state index contributed by atoms with van der Waals surface area (Å²) < 4.78 is 12.8. The molecule has 7 heteroatoms. The van der Waals surface area contributed by atoms with E-state index in [0.717, 1.165) is 56.1 Å². The monoisotopic (exact) mass is 459 g/mol. The van der Waals surface area contributed by atoms with Crippen molar-refractivity contribution in [2.75, 3.05) is 39.4 Å². The second-order valence-electron chi connectivity index (χ2n) is 9.62. The Morgan fingerprint density at radius 1 is 0.941 bits per heavy atom. The first-order valence-electron chi connectivity index (χ1n) is 12.1. The molecule has 2 fully saturated rings. The van der Waals surface area contributed by atoms with E-state index in [0.29, 0.717) is 25.4 Å². The fraction of sp³-hybridized carbons (Fsp3) is 0.407. The van der Waals surface area contributed by atoms with Crippen LogP contribution in [0.2, 0.25) is 0 Å². The Morgan fingerprint density at radius 3 is 2.62 bits per heavy atom. The highest BCUT2D eigenvalue weighted by Crippen LogP contribution is 2.36. The topological polar surface area (TPSA) is 67.9 Å². The van der Waals surface area contributed by atoms with Crippen LogP contribution in [-0.2, 0) is 17.8 Å². The van der Waals surface area contributed by atoms with Gasteiger partial charge in [0, 0.05) is 56.4 Å². The van der Waals surface area contributed by atoms with Gasteiger partial charge in [-0.15, -0.1) is 0 Å². The van der Waals surface area contributed by atoms with Gasteiger partial charge < -0.3 is 18.6 Å². The van der Waals surface area contributed by atoms with Gasteiger partial charge in [-0.05, 0) is 47.7 Å². The predicted octanol–water partition coefficient (Wildman–Crippen LogP) is 3.20. The highest BCUT2D eigenvalue weighted by molar-refractivity contribution is 5.91. The average Bonchev–Trinajstić information content (AvgIpc) is 3.40. The van der Waals surface area contributed by atoms with Gasteiger partial charge in [0.1, 0.15) is 0 Å². The van der Waals surface area contributed by atoms with Gasteiger partial charge in [0.05, 0.1) is 19.5 Å². The van der Waals surface area contributed by atoms with Crippen LogP contribution < -0.4 is 5.56 Å². The molecule has 0 aliphatic carbocycles. The smallest absolute Gasteiger partial charge is 0.289 e. The standard InChI is InChI=1S/C27H29N3O4/c31-26-23(22-5-2-1-4-20(22)17-28-9-12-33-13-10-28)7-8-24-21-14-19(16-30(24)26)15-29(18-21)27(32)25-6-3-11-34-25/h1-8,11,19,21H,9-10,12-18H2/t19-,21+/m0/s1. The van der Waals surface area contributed by atoms with E-state index in [-0.39, 0.29) is 23.3 Å². The third-order valence-corrected chi connectivity index (χ3v) is 7.43. The maximum absolute atomic E-state index is 13.7. The van der Waals surface area contributed by atoms with Crippen molar-refractivity contribution in [3.63, 3.8) is 0 Å². The molecule has 0 radical (unpaired) electrons. The number of fused-ring (bicyclic) bond motifs is 4. The molecule has 176 valence electrons. The molecule has 0 saturated carbocycles. The number of furan rings is 1. The fourth-order valence-electron chi connectivity index (χ4n) is 5.79. The summed E-state index contributed by atoms with van der Waals surface area (Å²) in [5.41, 5.74) is 4.06. The summed E-state index contributed by atoms with van der Waals surface area (Å²) in [6.45, 7) is 6.06. The van der Waals surface area contributed by atoms with Gasteiger partial charge in [-0.3, -0.25) is 14.5 Å². The minimum absolute atomic E-state index is 0.0656. The summed E-state index contributed by atoms with van der Waals surface area (Å²) in [4.78, 5) is 30.9. The summed E-state index contributed by atoms with van der Waals surface area (Å²) in [5, 5.41) is 0. The molecular weight excluding hydrogens is 430 g/mol. The minimum atomic E-state index is -0.0656. The zero-order chi connectivity index (χ0) is 23.1. The Kier molecular flexibility index (Phi) is 5.59. The quantitative estimate of drug-likeness (QED) is 0.600. The molecule has 34 heavy (non-hydrogen) atoms. The van der Waals surface area contributed by atoms with Gasteiger partial charge in [0.25, 0.3) is 11.5 Å². The van der Waals surface area contributed by atoms with Gasteiger partial charge in [0.15, 0.2) is 5.76 Å². The number of hydrogen-bond donors (Lipinski definition) is 0. The molecule has 3 aromatic rings. The van der Waals surface area contributed by atoms with Gasteiger partial charge in [0.2, 0.25) is 0 Å². The molecule has 0 unspecified atom stereocenters. The third-order valence-electron chi connectivity index (χ3n) is 7.43. The van der Waals surface area contributed by atoms with Crippen LogP contribution in [-0.4, -0.2) is 59.7 Å². The Hall–Kier alpha value is -3.16. The molecule has 2 saturated heterocycles. The number of amides is 1. The lowest BCUT2D eigenvalue weighted by Crippen LogP contribution is -2.49. The Morgan fingerprint density at radius 2 is 1.79 bits per heavy atom. The van der Waals surface area contributed by atoms with Gasteiger partial charge in [-0.1, -0.05) is 24.3 Å². The zero-order valence-corrected chi connectivity index (χ0v) is 19.2. The number of morpholine rings is 1. The van der Waals surface area contributed by atoms with Crippen LogP contribution >= 0.6 is 0 Å². The van der Waals surface area contributed by atoms with Crippen molar-refractivity contribution in [3.05, 3.63) is 82.2 Å². The first-order chi connectivity index (χ1) is 16.7. The van der Waals surface area contributed by atoms with E-state index in [1.54, 1.807) is 12.1 Å². The minimum Gasteiger partial charge on any atom is -0.459 e. The van der Waals surface area contributed by atoms with Crippen LogP contribution in [0.4, 0.5) is 0 Å². The first kappa shape index (κ1) is 21.4. The molecule has 3 aliphatic rings. The molecule has 0 N–H and O–H groups in total. The highest BCUT2D eigenvalue weighted by atomic mass is 16.5. The van der Waals surface area contributed by atoms with E-state index in [2.05, 4.69) is 23.1 Å². The van der Waals surface area contributed by atoms with Crippen LogP contribution in [0.15, 0.2) is 64.0 Å². The maximum atomic E-state index is 13.7. The molecule has 1 aromatic carbocycles. The number of ether oxygens (including phenoxy) is 1. The van der Waals surface area contributed by atoms with E-state index in [1.165, 1.54) is 11.8 Å². The predicted molar refractivity (Wildman–Crippen MR) is 128 cm³/mol. The summed E-state index contributed by atoms with van der Waals surface area (Å²) in [6, 6.07) is 15.8. The van der Waals surface area contributed by atoms with Crippen LogP contribution in [0, 0.1) is 5.92 Å². The van der Waals surface area contributed by atoms with Gasteiger partial charge >= 0.3 is 0 Å². The van der Waals surface area contributed by atoms with Gasteiger partial charge in [-0.2, -0.15) is 0 Å². The van der Waals surface area contributed by atoms with Crippen molar-refractivity contribution >= 4 is 5.91 Å². The normalized spacial score (nSPS) is 22.4. The highest BCUT2D eigenvalue weighted by Gasteiger charge is 2.37. The van der Waals surface area contributed by atoms with Crippen LogP contribution in [0.3, 0.4) is 0 Å². The lowest BCUT2D eigenvalue weighted by molar-refractivity contribution is 0.0342. The number of pyridine rings is 1. The van der Waals surface area contributed by atoms with Crippen molar-refractivity contribution < 1.29 is 13.9 Å². The number of aromatic nitrogens is 1. The summed E-state index contributed by atoms with van der Waals surface area (Å²) in [7, 11) is 0. The lowest BCUT2D eigenvalue weighted by atomic mass is 9.82. The van der Waals surface area contributed by atoms with E-state index in [4.69, 9.17) is 9.15 Å². The molecule has 1 amide bonds. The maximum Gasteiger partial charge on any atom is 0.289 e. The second kappa shape index (κ2) is 8.89. The molecule has 6 rings (SSSR count). The number of carbonyl (C=O) groups excluding carboxylic acids is 1. The van der Waals surface area contributed by atoms with E-state index in [1.807, 2.05) is 27.7 Å². The SMILES string of the molecule is O=C(c1ccco1)N1C[C@@H]2C[C@H](C1)c1ccc(-c3ccccc3CN3CCOCC3)c(=O)n1C2. The molecule has 2 bridgehead atoms. The van der Waals surface area contributed by atoms with E-state index < -0.39 is 0 Å². The summed E-state index contributed by atoms with van der Waals surface area (Å²) in [6.07, 6.45) is 2.54. The molecule has 0 spiro atoms. The number of likely N-dealkylation sites (tertiary alicyclic amines) is 1. The molecule has 3 aliphatic heterocycles. The zero-order valence-electron chi connectivity index (χ0n) is 19.2. The summed E-state index contributed by atoms with van der Waals surface area (Å²) in [5.74, 6) is 0.743. The van der Waals surface area contributed by atoms with Crippen molar-refractivity contribution in [1.29, 1.82) is 0 Å². The Bertz CT molecular complexity index is 1240. The van der Waals surface area contributed by atoms with Crippen molar-refractivity contribution in [3.8, 4) is 11.1 Å². The average molecular weight is 460 g/mol. The number of rotatable bonds is 4. The van der Waals surface area contributed by atoms with Crippen LogP contribution in [0.5, 0.6) is 0 Å². The van der Waals surface area contributed by atoms with Gasteiger partial charge in [-0.25, -0.2) is 0 Å². The number of benzene rings is 1. The number of carbonyl (C=O) groups is 1. The van der Waals surface area contributed by atoms with Crippen LogP contribution in [0.1, 0.15) is 34.2 Å². The fourth-order valence-corrected chi connectivity index (χ4v) is 5.79. The molecule has 2 atom stereocenters. The third kappa shape index (κ3) is 3.89. The van der Waals surface area contributed by atoms with Crippen molar-refractivity contribution in [2.24, 2.45) is 5.92 Å². The molecule has 5 heterocycles. The largest absolute Gasteiger partial charge is 0.459 e. The second-order valence-corrected chi connectivity index (χ2v) is 9.62. The summed E-state index contributed by atoms with van der Waals surface area (Å²) >= 11 is 0. The number of piperidine rings is 1. The van der Waals surface area contributed by atoms with Crippen molar-refractivity contribution in [2.45, 2.75) is 25.4 Å². The number of hydrogen-bond acceptors (Lipinski definition) is 5. The van der Waals surface area contributed by atoms with Crippen molar-refractivity contribution in [1.82, 2.24) is 14.4 Å². The lowest BCUT2D eigenvalue weighted by Gasteiger charge is -2.42. The van der Waals surface area contributed by atoms with Crippen LogP contribution in [0.25, 0.3) is 11.1 Å². The number of nitrogens with zero attached hydrogens (tertiary/aromatic N) is 3. The molecule has 2 aromatic heterocycles. The Labute approximate surface area is 198 Å². The molecule has 7 nitrogen and oxygen atoms in total. The van der Waals surface area contributed by atoms with E-state index in [9.17, 15) is 9.59 Å². The molecular formula is C27H29N3O4. The first-order valence-corrected chi connectivity index (χ1v) is 12.1.